The number of carbonyl (C=O) groups excluding carboxylic acids is 1. The summed E-state index contributed by atoms with van der Waals surface area (Å²) < 4.78 is 5.55. The maximum atomic E-state index is 12.6. The number of nitrogens with one attached hydrogen (secondary N) is 2. The first kappa shape index (κ1) is 18.1. The molecule has 0 aliphatic carbocycles. The van der Waals surface area contributed by atoms with Gasteiger partial charge in [-0.05, 0) is 69.3 Å². The van der Waals surface area contributed by atoms with Gasteiger partial charge in [0, 0.05) is 30.4 Å². The average molecular weight is 367 g/mol. The van der Waals surface area contributed by atoms with Gasteiger partial charge in [0.25, 0.3) is 5.91 Å². The van der Waals surface area contributed by atoms with E-state index in [1.165, 1.54) is 24.1 Å². The lowest BCUT2D eigenvalue weighted by molar-refractivity contribution is 0.0921. The molecule has 27 heavy (non-hydrogen) atoms. The fraction of sp³-hybridized carbons (Fsp3) is 0.500. The van der Waals surface area contributed by atoms with E-state index in [9.17, 15) is 4.79 Å². The fourth-order valence-corrected chi connectivity index (χ4v) is 4.35. The van der Waals surface area contributed by atoms with Crippen LogP contribution in [0, 0.1) is 5.92 Å². The molecule has 2 aromatic rings. The Labute approximate surface area is 161 Å². The summed E-state index contributed by atoms with van der Waals surface area (Å²) in [6.45, 7) is 5.82. The number of amides is 1. The Hall–Kier alpha value is -2.27. The number of fused-ring (bicyclic) bond motifs is 1. The Balaban J connectivity index is 1.37. The van der Waals surface area contributed by atoms with E-state index in [4.69, 9.17) is 4.42 Å². The van der Waals surface area contributed by atoms with Crippen LogP contribution in [0.4, 0.5) is 5.69 Å². The summed E-state index contributed by atoms with van der Waals surface area (Å²) in [5, 5.41) is 6.47. The molecule has 1 aromatic heterocycles. The molecule has 1 saturated heterocycles. The quantitative estimate of drug-likeness (QED) is 0.822. The van der Waals surface area contributed by atoms with Crippen LogP contribution in [0.2, 0.25) is 0 Å². The minimum Gasteiger partial charge on any atom is -0.459 e. The molecule has 2 aliphatic rings. The molecule has 0 bridgehead atoms. The van der Waals surface area contributed by atoms with Crippen molar-refractivity contribution in [3.63, 3.8) is 0 Å². The summed E-state index contributed by atoms with van der Waals surface area (Å²) in [5.41, 5.74) is 3.60. The standard InChI is InChI=1S/C22H29N3O2/c1-16-13-18-6-2-3-7-20(18)25(16)15-19-9-12-27-21(19)22(26)24-11-8-17-5-4-10-23-14-17/h2-3,6-7,9,12,16-17,23H,4-5,8,10-11,13-15H2,1H3,(H,24,26). The largest absolute Gasteiger partial charge is 0.459 e. The van der Waals surface area contributed by atoms with Crippen molar-refractivity contribution in [3.05, 3.63) is 53.5 Å². The predicted octanol–water partition coefficient (Wildman–Crippen LogP) is 3.35. The number of furan rings is 1. The van der Waals surface area contributed by atoms with Crippen LogP contribution in [-0.2, 0) is 13.0 Å². The van der Waals surface area contributed by atoms with Gasteiger partial charge in [0.1, 0.15) is 0 Å². The molecule has 144 valence electrons. The molecule has 2 atom stereocenters. The van der Waals surface area contributed by atoms with Crippen LogP contribution < -0.4 is 15.5 Å². The number of para-hydroxylation sites is 1. The van der Waals surface area contributed by atoms with Crippen LogP contribution >= 0.6 is 0 Å². The summed E-state index contributed by atoms with van der Waals surface area (Å²) in [4.78, 5) is 15.0. The Morgan fingerprint density at radius 2 is 2.22 bits per heavy atom. The van der Waals surface area contributed by atoms with Crippen molar-refractivity contribution in [3.8, 4) is 0 Å². The zero-order chi connectivity index (χ0) is 18.6. The zero-order valence-corrected chi connectivity index (χ0v) is 16.0. The van der Waals surface area contributed by atoms with E-state index in [-0.39, 0.29) is 5.91 Å². The topological polar surface area (TPSA) is 57.5 Å². The number of hydrogen-bond acceptors (Lipinski definition) is 4. The predicted molar refractivity (Wildman–Crippen MR) is 107 cm³/mol. The molecule has 2 aliphatic heterocycles. The molecule has 1 amide bonds. The number of anilines is 1. The van der Waals surface area contributed by atoms with Gasteiger partial charge >= 0.3 is 0 Å². The van der Waals surface area contributed by atoms with Crippen molar-refractivity contribution < 1.29 is 9.21 Å². The molecular weight excluding hydrogens is 338 g/mol. The Morgan fingerprint density at radius 1 is 1.33 bits per heavy atom. The monoisotopic (exact) mass is 367 g/mol. The Kier molecular flexibility index (Phi) is 5.48. The van der Waals surface area contributed by atoms with Crippen molar-refractivity contribution >= 4 is 11.6 Å². The lowest BCUT2D eigenvalue weighted by Crippen LogP contribution is -2.33. The molecule has 0 spiro atoms. The van der Waals surface area contributed by atoms with Gasteiger partial charge in [-0.1, -0.05) is 18.2 Å². The highest BCUT2D eigenvalue weighted by Crippen LogP contribution is 2.33. The zero-order valence-electron chi connectivity index (χ0n) is 16.0. The van der Waals surface area contributed by atoms with Crippen LogP contribution in [-0.4, -0.2) is 31.6 Å². The van der Waals surface area contributed by atoms with Crippen LogP contribution in [0.25, 0.3) is 0 Å². The second-order valence-corrected chi connectivity index (χ2v) is 7.84. The number of rotatable bonds is 6. The number of carbonyl (C=O) groups is 1. The van der Waals surface area contributed by atoms with Crippen LogP contribution in [0.3, 0.4) is 0 Å². The molecule has 4 rings (SSSR count). The van der Waals surface area contributed by atoms with Crippen LogP contribution in [0.1, 0.15) is 47.9 Å². The maximum Gasteiger partial charge on any atom is 0.287 e. The number of hydrogen-bond donors (Lipinski definition) is 2. The Morgan fingerprint density at radius 3 is 3.07 bits per heavy atom. The number of piperidine rings is 1. The molecule has 1 fully saturated rings. The van der Waals surface area contributed by atoms with Crippen molar-refractivity contribution in [2.24, 2.45) is 5.92 Å². The van der Waals surface area contributed by atoms with Gasteiger partial charge in [0.2, 0.25) is 0 Å². The lowest BCUT2D eigenvalue weighted by Gasteiger charge is -2.25. The van der Waals surface area contributed by atoms with Gasteiger partial charge < -0.3 is 20.0 Å². The second-order valence-electron chi connectivity index (χ2n) is 7.84. The van der Waals surface area contributed by atoms with Crippen molar-refractivity contribution in [1.82, 2.24) is 10.6 Å². The van der Waals surface area contributed by atoms with E-state index in [0.717, 1.165) is 31.5 Å². The first-order valence-electron chi connectivity index (χ1n) is 10.1. The molecule has 0 saturated carbocycles. The van der Waals surface area contributed by atoms with E-state index >= 15 is 0 Å². The molecule has 1 aromatic carbocycles. The molecule has 3 heterocycles. The third-order valence-electron chi connectivity index (χ3n) is 5.88. The molecular formula is C22H29N3O2. The van der Waals surface area contributed by atoms with E-state index in [1.807, 2.05) is 6.07 Å². The third-order valence-corrected chi connectivity index (χ3v) is 5.88. The molecule has 2 N–H and O–H groups in total. The maximum absolute atomic E-state index is 12.6. The first-order chi connectivity index (χ1) is 13.2. The molecule has 2 unspecified atom stereocenters. The van der Waals surface area contributed by atoms with E-state index in [2.05, 4.69) is 46.7 Å². The fourth-order valence-electron chi connectivity index (χ4n) is 4.35. The SMILES string of the molecule is CC1Cc2ccccc2N1Cc1ccoc1C(=O)NCCC1CCCNC1. The normalized spacial score (nSPS) is 21.9. The summed E-state index contributed by atoms with van der Waals surface area (Å²) >= 11 is 0. The number of benzene rings is 1. The highest BCUT2D eigenvalue weighted by atomic mass is 16.3. The lowest BCUT2D eigenvalue weighted by atomic mass is 9.96. The van der Waals surface area contributed by atoms with Crippen LogP contribution in [0.5, 0.6) is 0 Å². The van der Waals surface area contributed by atoms with Gasteiger partial charge in [-0.3, -0.25) is 4.79 Å². The van der Waals surface area contributed by atoms with Gasteiger partial charge in [0.15, 0.2) is 5.76 Å². The Bertz CT molecular complexity index is 779. The average Bonchev–Trinajstić information content (AvgIpc) is 3.28. The summed E-state index contributed by atoms with van der Waals surface area (Å²) in [5.74, 6) is 1.02. The van der Waals surface area contributed by atoms with E-state index < -0.39 is 0 Å². The summed E-state index contributed by atoms with van der Waals surface area (Å²) in [7, 11) is 0. The molecule has 5 nitrogen and oxygen atoms in total. The smallest absolute Gasteiger partial charge is 0.287 e. The van der Waals surface area contributed by atoms with E-state index in [0.29, 0.717) is 30.8 Å². The van der Waals surface area contributed by atoms with Gasteiger partial charge in [0.05, 0.1) is 6.26 Å². The van der Waals surface area contributed by atoms with Crippen LogP contribution in [0.15, 0.2) is 41.0 Å². The first-order valence-corrected chi connectivity index (χ1v) is 10.1. The van der Waals surface area contributed by atoms with Crippen molar-refractivity contribution in [2.75, 3.05) is 24.5 Å². The van der Waals surface area contributed by atoms with E-state index in [1.54, 1.807) is 6.26 Å². The number of nitrogens with zero attached hydrogens (tertiary/aromatic N) is 1. The molecule has 0 radical (unpaired) electrons. The highest BCUT2D eigenvalue weighted by Gasteiger charge is 2.27. The minimum absolute atomic E-state index is 0.0982. The van der Waals surface area contributed by atoms with Gasteiger partial charge in [-0.2, -0.15) is 0 Å². The van der Waals surface area contributed by atoms with Gasteiger partial charge in [-0.25, -0.2) is 0 Å². The second kappa shape index (κ2) is 8.17. The minimum atomic E-state index is -0.0982. The summed E-state index contributed by atoms with van der Waals surface area (Å²) in [6, 6.07) is 10.9. The molecule has 5 heteroatoms. The van der Waals surface area contributed by atoms with Crippen molar-refractivity contribution in [2.45, 2.75) is 45.2 Å². The highest BCUT2D eigenvalue weighted by molar-refractivity contribution is 5.93. The summed E-state index contributed by atoms with van der Waals surface area (Å²) in [6.07, 6.45) is 6.18. The van der Waals surface area contributed by atoms with Crippen molar-refractivity contribution in [1.29, 1.82) is 0 Å². The third kappa shape index (κ3) is 4.03. The van der Waals surface area contributed by atoms with Gasteiger partial charge in [-0.15, -0.1) is 0 Å².